The van der Waals surface area contributed by atoms with Crippen LogP contribution in [0.25, 0.3) is 0 Å². The first kappa shape index (κ1) is 20.6. The van der Waals surface area contributed by atoms with Gasteiger partial charge in [-0.1, -0.05) is 48.5 Å². The Kier molecular flexibility index (Phi) is 7.24. The van der Waals surface area contributed by atoms with Crippen molar-refractivity contribution in [2.24, 2.45) is 5.92 Å². The van der Waals surface area contributed by atoms with Gasteiger partial charge in [-0.25, -0.2) is 0 Å². The molecular formula is C24H33N3O. The maximum absolute atomic E-state index is 12.5. The van der Waals surface area contributed by atoms with E-state index >= 15 is 0 Å². The zero-order valence-electron chi connectivity index (χ0n) is 17.4. The fourth-order valence-electron chi connectivity index (χ4n) is 4.12. The van der Waals surface area contributed by atoms with Gasteiger partial charge in [-0.3, -0.25) is 9.69 Å². The van der Waals surface area contributed by atoms with E-state index in [4.69, 9.17) is 0 Å². The van der Waals surface area contributed by atoms with Crippen molar-refractivity contribution in [3.63, 3.8) is 0 Å². The third kappa shape index (κ3) is 5.91. The Morgan fingerprint density at radius 1 is 1.04 bits per heavy atom. The molecule has 4 heteroatoms. The number of amides is 1. The van der Waals surface area contributed by atoms with Gasteiger partial charge in [0.25, 0.3) is 0 Å². The molecule has 1 heterocycles. The maximum Gasteiger partial charge on any atom is 0.238 e. The molecule has 0 unspecified atom stereocenters. The lowest BCUT2D eigenvalue weighted by Gasteiger charge is -2.33. The average molecular weight is 380 g/mol. The van der Waals surface area contributed by atoms with Crippen LogP contribution >= 0.6 is 0 Å². The van der Waals surface area contributed by atoms with Crippen molar-refractivity contribution < 1.29 is 4.79 Å². The summed E-state index contributed by atoms with van der Waals surface area (Å²) >= 11 is 0. The van der Waals surface area contributed by atoms with E-state index in [0.29, 0.717) is 12.5 Å². The lowest BCUT2D eigenvalue weighted by atomic mass is 9.96. The molecule has 0 bridgehead atoms. The van der Waals surface area contributed by atoms with E-state index in [1.54, 1.807) is 0 Å². The largest absolute Gasteiger partial charge is 0.324 e. The van der Waals surface area contributed by atoms with Crippen molar-refractivity contribution in [1.29, 1.82) is 0 Å². The second-order valence-corrected chi connectivity index (χ2v) is 8.22. The molecule has 2 aromatic carbocycles. The smallest absolute Gasteiger partial charge is 0.238 e. The molecule has 28 heavy (non-hydrogen) atoms. The number of carbonyl (C=O) groups excluding carboxylic acids is 1. The zero-order chi connectivity index (χ0) is 19.9. The van der Waals surface area contributed by atoms with E-state index in [1.165, 1.54) is 5.56 Å². The van der Waals surface area contributed by atoms with E-state index in [9.17, 15) is 4.79 Å². The minimum Gasteiger partial charge on any atom is -0.324 e. The Hall–Kier alpha value is -2.17. The van der Waals surface area contributed by atoms with Crippen LogP contribution in [0, 0.1) is 19.8 Å². The minimum atomic E-state index is 0.0945. The van der Waals surface area contributed by atoms with Crippen LogP contribution in [0.1, 0.15) is 29.5 Å². The molecule has 0 atom stereocenters. The Morgan fingerprint density at radius 3 is 2.32 bits per heavy atom. The number of carbonyl (C=O) groups is 1. The second-order valence-electron chi connectivity index (χ2n) is 8.22. The second kappa shape index (κ2) is 9.85. The number of anilines is 1. The topological polar surface area (TPSA) is 35.6 Å². The summed E-state index contributed by atoms with van der Waals surface area (Å²) in [5, 5.41) is 3.11. The molecule has 4 nitrogen and oxygen atoms in total. The molecule has 0 saturated carbocycles. The van der Waals surface area contributed by atoms with Gasteiger partial charge in [-0.05, 0) is 69.4 Å². The average Bonchev–Trinajstić information content (AvgIpc) is 2.67. The molecule has 150 valence electrons. The summed E-state index contributed by atoms with van der Waals surface area (Å²) in [6.07, 6.45) is 2.33. The van der Waals surface area contributed by atoms with Crippen molar-refractivity contribution in [1.82, 2.24) is 9.80 Å². The number of hydrogen-bond donors (Lipinski definition) is 1. The van der Waals surface area contributed by atoms with Crippen molar-refractivity contribution in [2.45, 2.75) is 33.2 Å². The van der Waals surface area contributed by atoms with Crippen molar-refractivity contribution in [3.8, 4) is 0 Å². The van der Waals surface area contributed by atoms with E-state index in [1.807, 2.05) is 32.0 Å². The molecule has 2 aromatic rings. The molecule has 1 aliphatic rings. The number of hydrogen-bond acceptors (Lipinski definition) is 3. The van der Waals surface area contributed by atoms with E-state index in [2.05, 4.69) is 52.5 Å². The molecule has 0 spiro atoms. The fourth-order valence-corrected chi connectivity index (χ4v) is 4.12. The Labute approximate surface area is 169 Å². The molecular weight excluding hydrogens is 346 g/mol. The quantitative estimate of drug-likeness (QED) is 0.787. The predicted octanol–water partition coefficient (Wildman–Crippen LogP) is 4.09. The third-order valence-electron chi connectivity index (χ3n) is 5.69. The zero-order valence-corrected chi connectivity index (χ0v) is 17.4. The van der Waals surface area contributed by atoms with E-state index in [0.717, 1.165) is 55.8 Å². The molecule has 3 rings (SSSR count). The molecule has 1 fully saturated rings. The van der Waals surface area contributed by atoms with Gasteiger partial charge in [0.1, 0.15) is 0 Å². The number of aryl methyl sites for hydroxylation is 2. The van der Waals surface area contributed by atoms with Crippen LogP contribution in [0.15, 0.2) is 48.5 Å². The van der Waals surface area contributed by atoms with Gasteiger partial charge in [-0.15, -0.1) is 0 Å². The Balaban J connectivity index is 1.41. The summed E-state index contributed by atoms with van der Waals surface area (Å²) in [5.74, 6) is 0.809. The van der Waals surface area contributed by atoms with Crippen LogP contribution in [-0.4, -0.2) is 48.9 Å². The van der Waals surface area contributed by atoms with E-state index in [-0.39, 0.29) is 5.91 Å². The van der Waals surface area contributed by atoms with Crippen LogP contribution in [0.5, 0.6) is 0 Å². The number of likely N-dealkylation sites (tertiary alicyclic amines) is 1. The lowest BCUT2D eigenvalue weighted by molar-refractivity contribution is -0.117. The molecule has 0 radical (unpaired) electrons. The number of nitrogens with one attached hydrogen (secondary N) is 1. The Morgan fingerprint density at radius 2 is 1.68 bits per heavy atom. The van der Waals surface area contributed by atoms with Crippen LogP contribution in [0.3, 0.4) is 0 Å². The van der Waals surface area contributed by atoms with Crippen LogP contribution in [-0.2, 0) is 11.3 Å². The normalized spacial score (nSPS) is 15.7. The highest BCUT2D eigenvalue weighted by molar-refractivity contribution is 5.93. The first-order valence-electron chi connectivity index (χ1n) is 10.3. The van der Waals surface area contributed by atoms with Crippen molar-refractivity contribution in [2.75, 3.05) is 38.5 Å². The van der Waals surface area contributed by atoms with Gasteiger partial charge in [0.2, 0.25) is 5.91 Å². The lowest BCUT2D eigenvalue weighted by Crippen LogP contribution is -2.41. The molecule has 1 aliphatic heterocycles. The number of nitrogens with zero attached hydrogens (tertiary/aromatic N) is 2. The first-order chi connectivity index (χ1) is 13.5. The number of piperidine rings is 1. The van der Waals surface area contributed by atoms with Gasteiger partial charge in [0.05, 0.1) is 6.54 Å². The number of para-hydroxylation sites is 1. The highest BCUT2D eigenvalue weighted by atomic mass is 16.2. The highest BCUT2D eigenvalue weighted by Gasteiger charge is 2.22. The monoisotopic (exact) mass is 379 g/mol. The number of rotatable bonds is 7. The van der Waals surface area contributed by atoms with Crippen molar-refractivity contribution >= 4 is 11.6 Å². The molecule has 1 N–H and O–H groups in total. The van der Waals surface area contributed by atoms with Gasteiger partial charge in [0, 0.05) is 18.8 Å². The van der Waals surface area contributed by atoms with Crippen LogP contribution < -0.4 is 5.32 Å². The minimum absolute atomic E-state index is 0.0945. The van der Waals surface area contributed by atoms with Crippen LogP contribution in [0.4, 0.5) is 5.69 Å². The van der Waals surface area contributed by atoms with Crippen LogP contribution in [0.2, 0.25) is 0 Å². The summed E-state index contributed by atoms with van der Waals surface area (Å²) in [4.78, 5) is 17.2. The van der Waals surface area contributed by atoms with E-state index < -0.39 is 0 Å². The molecule has 1 amide bonds. The SMILES string of the molecule is Cc1cccc(C)c1NC(=O)CN1CCC(CN(C)Cc2ccccc2)CC1. The predicted molar refractivity (Wildman–Crippen MR) is 116 cm³/mol. The molecule has 0 aliphatic carbocycles. The van der Waals surface area contributed by atoms with Gasteiger partial charge >= 0.3 is 0 Å². The first-order valence-corrected chi connectivity index (χ1v) is 10.3. The summed E-state index contributed by atoms with van der Waals surface area (Å²) in [6, 6.07) is 16.8. The third-order valence-corrected chi connectivity index (χ3v) is 5.69. The summed E-state index contributed by atoms with van der Waals surface area (Å²) in [6.45, 7) is 8.70. The fraction of sp³-hybridized carbons (Fsp3) is 0.458. The summed E-state index contributed by atoms with van der Waals surface area (Å²) in [5.41, 5.74) is 4.57. The van der Waals surface area contributed by atoms with Crippen molar-refractivity contribution in [3.05, 3.63) is 65.2 Å². The number of benzene rings is 2. The molecule has 0 aromatic heterocycles. The maximum atomic E-state index is 12.5. The van der Waals surface area contributed by atoms with Gasteiger partial charge in [0.15, 0.2) is 0 Å². The van der Waals surface area contributed by atoms with Gasteiger partial charge < -0.3 is 10.2 Å². The highest BCUT2D eigenvalue weighted by Crippen LogP contribution is 2.21. The summed E-state index contributed by atoms with van der Waals surface area (Å²) < 4.78 is 0. The standard InChI is InChI=1S/C24H33N3O/c1-19-8-7-9-20(2)24(19)25-23(28)18-27-14-12-22(13-15-27)17-26(3)16-21-10-5-4-6-11-21/h4-11,22H,12-18H2,1-3H3,(H,25,28). The Bertz CT molecular complexity index is 746. The summed E-state index contributed by atoms with van der Waals surface area (Å²) in [7, 11) is 2.21. The van der Waals surface area contributed by atoms with Gasteiger partial charge in [-0.2, -0.15) is 0 Å². The molecule has 1 saturated heterocycles.